The smallest absolute Gasteiger partial charge is 0.199 e. The maximum atomic E-state index is 15.6. The maximum Gasteiger partial charge on any atom is 0.460 e. The molecule has 1 fully saturated rings. The van der Waals surface area contributed by atoms with Crippen molar-refractivity contribution in [2.75, 3.05) is 0 Å². The van der Waals surface area contributed by atoms with Crippen LogP contribution in [0.5, 0.6) is 0 Å². The molecule has 0 amide bonds. The molecule has 0 nitrogen and oxygen atoms in total. The van der Waals surface area contributed by atoms with Crippen LogP contribution in [0.3, 0.4) is 0 Å². The second kappa shape index (κ2) is 11.2. The van der Waals surface area contributed by atoms with E-state index in [1.54, 1.807) is 0 Å². The third kappa shape index (κ3) is 5.11. The average Bonchev–Trinajstić information content (AvgIpc) is 2.88. The molecule has 1 saturated carbocycles. The summed E-state index contributed by atoms with van der Waals surface area (Å²) >= 11 is 0. The molecule has 0 radical (unpaired) electrons. The van der Waals surface area contributed by atoms with Crippen molar-refractivity contribution in [1.29, 1.82) is 0 Å². The summed E-state index contributed by atoms with van der Waals surface area (Å²) in [5.41, 5.74) is -3.81. The Bertz CT molecular complexity index is 1050. The Labute approximate surface area is 228 Å². The molecule has 1 aliphatic carbocycles. The number of hydrogen-bond donors (Lipinski definition) is 0. The van der Waals surface area contributed by atoms with E-state index in [-0.39, 0.29) is 6.42 Å². The average molecular weight is 648 g/mol. The van der Waals surface area contributed by atoms with Gasteiger partial charge in [0.1, 0.15) is 0 Å². The Morgan fingerprint density at radius 1 is 0.524 bits per heavy atom. The first-order chi connectivity index (χ1) is 18.7. The number of rotatable bonds is 12. The zero-order valence-electron chi connectivity index (χ0n) is 21.6. The minimum Gasteiger partial charge on any atom is -0.199 e. The van der Waals surface area contributed by atoms with Crippen LogP contribution in [0.25, 0.3) is 0 Å². The van der Waals surface area contributed by atoms with Crippen molar-refractivity contribution in [2.24, 2.45) is 0 Å². The molecule has 0 bridgehead atoms. The highest BCUT2D eigenvalue weighted by atomic mass is 19.4. The number of hydrogen-bond acceptors (Lipinski definition) is 0. The Kier molecular flexibility index (Phi) is 9.65. The normalized spacial score (nSPS) is 18.3. The second-order valence-corrected chi connectivity index (χ2v) is 10.3. The number of aryl methyl sites for hydroxylation is 1. The van der Waals surface area contributed by atoms with E-state index in [0.717, 1.165) is 37.1 Å². The van der Waals surface area contributed by atoms with Gasteiger partial charge in [0.15, 0.2) is 0 Å². The van der Waals surface area contributed by atoms with Crippen LogP contribution in [-0.2, 0) is 11.8 Å². The molecule has 42 heavy (non-hydrogen) atoms. The summed E-state index contributed by atoms with van der Waals surface area (Å²) < 4.78 is 237. The van der Waals surface area contributed by atoms with Gasteiger partial charge in [-0.2, -0.15) is 74.6 Å². The number of alkyl halides is 17. The van der Waals surface area contributed by atoms with Crippen molar-refractivity contribution in [3.63, 3.8) is 0 Å². The third-order valence-electron chi connectivity index (χ3n) is 7.61. The molecule has 0 heterocycles. The van der Waals surface area contributed by atoms with Gasteiger partial charge in [-0.15, -0.1) is 0 Å². The molecular formula is C25H25F17. The van der Waals surface area contributed by atoms with E-state index in [9.17, 15) is 65.9 Å². The van der Waals surface area contributed by atoms with Crippen LogP contribution in [-0.4, -0.2) is 47.6 Å². The third-order valence-corrected chi connectivity index (χ3v) is 7.61. The first kappa shape index (κ1) is 36.2. The van der Waals surface area contributed by atoms with Crippen molar-refractivity contribution in [1.82, 2.24) is 0 Å². The van der Waals surface area contributed by atoms with Gasteiger partial charge in [-0.05, 0) is 36.8 Å². The molecule has 0 atom stereocenters. The zero-order valence-corrected chi connectivity index (χ0v) is 21.6. The first-order valence-electron chi connectivity index (χ1n) is 12.6. The molecule has 0 aliphatic heterocycles. The Balaban J connectivity index is 2.68. The van der Waals surface area contributed by atoms with Crippen LogP contribution >= 0.6 is 0 Å². The molecule has 1 aliphatic rings. The van der Waals surface area contributed by atoms with Crippen LogP contribution < -0.4 is 0 Å². The van der Waals surface area contributed by atoms with E-state index in [1.165, 1.54) is 0 Å². The van der Waals surface area contributed by atoms with Crippen molar-refractivity contribution < 1.29 is 74.6 Å². The van der Waals surface area contributed by atoms with Crippen LogP contribution in [0.15, 0.2) is 24.3 Å². The van der Waals surface area contributed by atoms with Gasteiger partial charge in [-0.1, -0.05) is 63.3 Å². The highest BCUT2D eigenvalue weighted by molar-refractivity contribution is 5.35. The van der Waals surface area contributed by atoms with E-state index in [4.69, 9.17) is 0 Å². The van der Waals surface area contributed by atoms with Gasteiger partial charge in [0.05, 0.1) is 5.41 Å². The van der Waals surface area contributed by atoms with Crippen LogP contribution in [0.1, 0.15) is 69.4 Å². The lowest BCUT2D eigenvalue weighted by Gasteiger charge is -2.49. The largest absolute Gasteiger partial charge is 0.460 e. The van der Waals surface area contributed by atoms with Crippen LogP contribution in [0.2, 0.25) is 0 Å². The van der Waals surface area contributed by atoms with Crippen molar-refractivity contribution in [3.8, 4) is 0 Å². The fraction of sp³-hybridized carbons (Fsp3) is 0.760. The van der Waals surface area contributed by atoms with Crippen molar-refractivity contribution >= 4 is 0 Å². The maximum absolute atomic E-state index is 15.6. The zero-order chi connectivity index (χ0) is 32.8. The second-order valence-electron chi connectivity index (χ2n) is 10.3. The Morgan fingerprint density at radius 3 is 1.33 bits per heavy atom. The highest BCUT2D eigenvalue weighted by Crippen LogP contribution is 2.67. The quantitative estimate of drug-likeness (QED) is 0.156. The van der Waals surface area contributed by atoms with Crippen molar-refractivity contribution in [2.45, 2.75) is 118 Å². The van der Waals surface area contributed by atoms with Gasteiger partial charge >= 0.3 is 47.6 Å². The van der Waals surface area contributed by atoms with Gasteiger partial charge in [0.25, 0.3) is 0 Å². The van der Waals surface area contributed by atoms with E-state index in [2.05, 4.69) is 0 Å². The molecule has 1 aromatic carbocycles. The van der Waals surface area contributed by atoms with Crippen LogP contribution in [0.4, 0.5) is 74.6 Å². The molecule has 0 unspecified atom stereocenters. The Hall–Kier alpha value is -1.97. The predicted molar refractivity (Wildman–Crippen MR) is 115 cm³/mol. The number of benzene rings is 1. The fourth-order valence-electron chi connectivity index (χ4n) is 4.97. The molecule has 1 aromatic rings. The summed E-state index contributed by atoms with van der Waals surface area (Å²) in [7, 11) is 0. The number of unbranched alkanes of at least 4 members (excludes halogenated alkanes) is 2. The monoisotopic (exact) mass is 648 g/mol. The van der Waals surface area contributed by atoms with E-state index < -0.39 is 84.3 Å². The molecular weight excluding hydrogens is 623 g/mol. The summed E-state index contributed by atoms with van der Waals surface area (Å²) in [6.07, 6.45) is -8.23. The predicted octanol–water partition coefficient (Wildman–Crippen LogP) is 10.6. The van der Waals surface area contributed by atoms with Gasteiger partial charge in [0, 0.05) is 0 Å². The van der Waals surface area contributed by atoms with Gasteiger partial charge in [0.2, 0.25) is 0 Å². The van der Waals surface area contributed by atoms with Gasteiger partial charge in [-0.25, -0.2) is 0 Å². The summed E-state index contributed by atoms with van der Waals surface area (Å²) in [6, 6.07) is 3.91. The lowest BCUT2D eigenvalue weighted by atomic mass is 9.62. The lowest BCUT2D eigenvalue weighted by Crippen LogP contribution is -2.76. The molecule has 2 rings (SSSR count). The summed E-state index contributed by atoms with van der Waals surface area (Å²) in [4.78, 5) is 0. The van der Waals surface area contributed by atoms with E-state index in [1.807, 2.05) is 6.92 Å². The molecule has 0 N–H and O–H groups in total. The highest BCUT2D eigenvalue weighted by Gasteiger charge is 2.96. The summed E-state index contributed by atoms with van der Waals surface area (Å²) in [6.45, 7) is 1.86. The standard InChI is InChI=1S/C25H25F17/c1-2-3-5-8-15-9-11-16(12-10-15)17(13-6-4-7-14-17)18(26,27)19(28,29)20(30,31)21(32,33)22(34,35)23(36,37)24(38,39)25(40,41)42/h9-12H,2-8,13-14H2,1H3. The van der Waals surface area contributed by atoms with Gasteiger partial charge < -0.3 is 0 Å². The molecule has 244 valence electrons. The molecule has 17 heteroatoms. The summed E-state index contributed by atoms with van der Waals surface area (Å²) in [5, 5.41) is 0. The summed E-state index contributed by atoms with van der Waals surface area (Å²) in [5.74, 6) is -56.3. The SMILES string of the molecule is CCCCCc1ccc(C2(C(F)(F)C(F)(F)C(F)(F)C(F)(F)C(F)(F)C(F)(F)C(F)(F)C(F)(F)F)CCCCC2)cc1. The molecule has 0 spiro atoms. The van der Waals surface area contributed by atoms with Crippen LogP contribution in [0, 0.1) is 0 Å². The lowest BCUT2D eigenvalue weighted by molar-refractivity contribution is -0.464. The fourth-order valence-corrected chi connectivity index (χ4v) is 4.97. The number of halogens is 17. The van der Waals surface area contributed by atoms with E-state index in [0.29, 0.717) is 18.4 Å². The first-order valence-corrected chi connectivity index (χ1v) is 12.6. The van der Waals surface area contributed by atoms with Gasteiger partial charge in [-0.3, -0.25) is 0 Å². The minimum atomic E-state index is -8.62. The van der Waals surface area contributed by atoms with E-state index >= 15 is 8.78 Å². The topological polar surface area (TPSA) is 0 Å². The van der Waals surface area contributed by atoms with Crippen molar-refractivity contribution in [3.05, 3.63) is 35.4 Å². The Morgan fingerprint density at radius 2 is 0.929 bits per heavy atom. The molecule has 0 aromatic heterocycles. The minimum absolute atomic E-state index is 0.0574. The molecule has 0 saturated heterocycles.